The molecule has 0 atom stereocenters. The molecule has 21 heavy (non-hydrogen) atoms. The van der Waals surface area contributed by atoms with Crippen LogP contribution in [-0.2, 0) is 11.2 Å². The van der Waals surface area contributed by atoms with E-state index in [0.717, 1.165) is 10.7 Å². The van der Waals surface area contributed by atoms with Crippen molar-refractivity contribution in [2.45, 2.75) is 38.0 Å². The smallest absolute Gasteiger partial charge is 0.232 e. The minimum Gasteiger partial charge on any atom is -0.486 e. The Morgan fingerprint density at radius 2 is 2.33 bits per heavy atom. The first-order chi connectivity index (χ1) is 10.2. The number of carbonyl (C=O) groups is 1. The monoisotopic (exact) mass is 306 g/mol. The summed E-state index contributed by atoms with van der Waals surface area (Å²) in [5, 5.41) is 11.4. The van der Waals surface area contributed by atoms with Crippen LogP contribution in [0.15, 0.2) is 12.3 Å². The molecule has 1 saturated carbocycles. The number of hydrogen-bond acceptors (Lipinski definition) is 5. The highest BCUT2D eigenvalue weighted by Gasteiger charge is 2.19. The molecule has 2 aromatic rings. The van der Waals surface area contributed by atoms with Gasteiger partial charge in [0.15, 0.2) is 10.9 Å². The average molecular weight is 306 g/mol. The number of ether oxygens (including phenoxy) is 1. The third-order valence-corrected chi connectivity index (χ3v) is 4.66. The van der Waals surface area contributed by atoms with Crippen LogP contribution in [0.1, 0.15) is 42.3 Å². The van der Waals surface area contributed by atoms with Gasteiger partial charge in [-0.05, 0) is 12.8 Å². The first kappa shape index (κ1) is 14.1. The third kappa shape index (κ3) is 3.41. The number of rotatable bonds is 5. The normalized spacial score (nSPS) is 15.3. The summed E-state index contributed by atoms with van der Waals surface area (Å²) in [4.78, 5) is 16.1. The van der Waals surface area contributed by atoms with Gasteiger partial charge in [0.2, 0.25) is 5.91 Å². The molecule has 0 bridgehead atoms. The number of anilines is 1. The van der Waals surface area contributed by atoms with Crippen LogP contribution < -0.4 is 10.1 Å². The summed E-state index contributed by atoms with van der Waals surface area (Å²) in [5.41, 5.74) is 1.12. The lowest BCUT2D eigenvalue weighted by atomic mass is 10.0. The van der Waals surface area contributed by atoms with Gasteiger partial charge in [-0.2, -0.15) is 5.10 Å². The molecule has 1 fully saturated rings. The van der Waals surface area contributed by atoms with Crippen molar-refractivity contribution in [3.8, 4) is 5.06 Å². The lowest BCUT2D eigenvalue weighted by Crippen LogP contribution is -2.14. The Bertz CT molecular complexity index is 616. The number of nitrogens with one attached hydrogen (secondary N) is 2. The number of aromatic nitrogens is 3. The molecule has 6 nitrogen and oxygen atoms in total. The van der Waals surface area contributed by atoms with Crippen molar-refractivity contribution in [2.24, 2.45) is 0 Å². The second-order valence-electron chi connectivity index (χ2n) is 5.19. The van der Waals surface area contributed by atoms with E-state index in [9.17, 15) is 4.79 Å². The fourth-order valence-corrected chi connectivity index (χ4v) is 3.37. The number of hydrogen-bond donors (Lipinski definition) is 2. The standard InChI is InChI=1S/C14H18N4O2S/c1-20-14-8-15-13(21-14)7-12(19)16-11-6-10(17-18-11)9-4-2-3-5-9/h6,8-9H,2-5,7H2,1H3,(H2,16,17,18,19). The lowest BCUT2D eigenvalue weighted by molar-refractivity contribution is -0.115. The highest BCUT2D eigenvalue weighted by Crippen LogP contribution is 2.33. The van der Waals surface area contributed by atoms with E-state index in [-0.39, 0.29) is 12.3 Å². The van der Waals surface area contributed by atoms with Crippen LogP contribution >= 0.6 is 11.3 Å². The molecule has 112 valence electrons. The molecule has 7 heteroatoms. The van der Waals surface area contributed by atoms with Gasteiger partial charge >= 0.3 is 0 Å². The van der Waals surface area contributed by atoms with E-state index in [1.165, 1.54) is 37.0 Å². The summed E-state index contributed by atoms with van der Waals surface area (Å²) >= 11 is 1.37. The minimum absolute atomic E-state index is 0.114. The summed E-state index contributed by atoms with van der Waals surface area (Å²) in [6, 6.07) is 1.94. The van der Waals surface area contributed by atoms with Crippen LogP contribution in [0.3, 0.4) is 0 Å². The number of amides is 1. The molecular weight excluding hydrogens is 288 g/mol. The molecule has 1 aliphatic rings. The molecule has 0 spiro atoms. The zero-order chi connectivity index (χ0) is 14.7. The van der Waals surface area contributed by atoms with Crippen molar-refractivity contribution in [3.05, 3.63) is 23.0 Å². The van der Waals surface area contributed by atoms with Gasteiger partial charge in [-0.25, -0.2) is 4.98 Å². The van der Waals surface area contributed by atoms with Crippen molar-refractivity contribution in [1.29, 1.82) is 0 Å². The molecule has 1 aliphatic carbocycles. The fraction of sp³-hybridized carbons (Fsp3) is 0.500. The van der Waals surface area contributed by atoms with Crippen molar-refractivity contribution in [1.82, 2.24) is 15.2 Å². The van der Waals surface area contributed by atoms with Gasteiger partial charge in [-0.15, -0.1) is 0 Å². The van der Waals surface area contributed by atoms with Crippen LogP contribution in [0, 0.1) is 0 Å². The number of methoxy groups -OCH3 is 1. The molecule has 1 amide bonds. The quantitative estimate of drug-likeness (QED) is 0.890. The highest BCUT2D eigenvalue weighted by molar-refractivity contribution is 7.13. The molecule has 0 radical (unpaired) electrons. The largest absolute Gasteiger partial charge is 0.486 e. The molecule has 2 N–H and O–H groups in total. The molecule has 0 saturated heterocycles. The van der Waals surface area contributed by atoms with Gasteiger partial charge in [0.25, 0.3) is 0 Å². The zero-order valence-corrected chi connectivity index (χ0v) is 12.7. The molecular formula is C14H18N4O2S. The summed E-state index contributed by atoms with van der Waals surface area (Å²) in [7, 11) is 1.59. The first-order valence-electron chi connectivity index (χ1n) is 7.08. The van der Waals surface area contributed by atoms with Gasteiger partial charge in [0.05, 0.1) is 19.7 Å². The van der Waals surface area contributed by atoms with E-state index < -0.39 is 0 Å². The highest BCUT2D eigenvalue weighted by atomic mass is 32.1. The van der Waals surface area contributed by atoms with E-state index in [4.69, 9.17) is 4.74 Å². The van der Waals surface area contributed by atoms with Crippen molar-refractivity contribution < 1.29 is 9.53 Å². The van der Waals surface area contributed by atoms with Gasteiger partial charge in [-0.3, -0.25) is 9.89 Å². The lowest BCUT2D eigenvalue weighted by Gasteiger charge is -2.03. The van der Waals surface area contributed by atoms with E-state index >= 15 is 0 Å². The Morgan fingerprint density at radius 3 is 3.05 bits per heavy atom. The summed E-state index contributed by atoms with van der Waals surface area (Å²) in [5.74, 6) is 1.04. The first-order valence-corrected chi connectivity index (χ1v) is 7.90. The van der Waals surface area contributed by atoms with Crippen LogP contribution in [0.5, 0.6) is 5.06 Å². The molecule has 2 aromatic heterocycles. The number of H-pyrrole nitrogens is 1. The molecule has 0 aromatic carbocycles. The number of aromatic amines is 1. The van der Waals surface area contributed by atoms with Gasteiger partial charge < -0.3 is 10.1 Å². The SMILES string of the molecule is COc1cnc(CC(=O)Nc2cc(C3CCCC3)[nH]n2)s1. The van der Waals surface area contributed by atoms with Gasteiger partial charge in [0.1, 0.15) is 5.01 Å². The number of nitrogens with zero attached hydrogens (tertiary/aromatic N) is 2. The Kier molecular flexibility index (Phi) is 4.19. The van der Waals surface area contributed by atoms with Crippen LogP contribution in [0.2, 0.25) is 0 Å². The summed E-state index contributed by atoms with van der Waals surface area (Å²) in [6.45, 7) is 0. The Balaban J connectivity index is 1.57. The minimum atomic E-state index is -0.114. The Morgan fingerprint density at radius 1 is 1.52 bits per heavy atom. The van der Waals surface area contributed by atoms with Crippen molar-refractivity contribution >= 4 is 23.1 Å². The van der Waals surface area contributed by atoms with Gasteiger partial charge in [-0.1, -0.05) is 24.2 Å². The predicted octanol–water partition coefficient (Wildman–Crippen LogP) is 2.71. The van der Waals surface area contributed by atoms with Crippen LogP contribution in [0.4, 0.5) is 5.82 Å². The van der Waals surface area contributed by atoms with E-state index in [0.29, 0.717) is 16.8 Å². The van der Waals surface area contributed by atoms with Crippen molar-refractivity contribution in [2.75, 3.05) is 12.4 Å². The second-order valence-corrected chi connectivity index (χ2v) is 6.27. The maximum atomic E-state index is 12.0. The zero-order valence-electron chi connectivity index (χ0n) is 11.9. The molecule has 2 heterocycles. The second kappa shape index (κ2) is 6.26. The van der Waals surface area contributed by atoms with Gasteiger partial charge in [0, 0.05) is 17.7 Å². The molecule has 3 rings (SSSR count). The maximum absolute atomic E-state index is 12.0. The van der Waals surface area contributed by atoms with Crippen LogP contribution in [-0.4, -0.2) is 28.2 Å². The van der Waals surface area contributed by atoms with E-state index in [1.54, 1.807) is 13.3 Å². The summed E-state index contributed by atoms with van der Waals surface area (Å²) < 4.78 is 5.06. The number of carbonyl (C=O) groups excluding carboxylic acids is 1. The third-order valence-electron chi connectivity index (χ3n) is 3.71. The molecule has 0 unspecified atom stereocenters. The van der Waals surface area contributed by atoms with Crippen LogP contribution in [0.25, 0.3) is 0 Å². The maximum Gasteiger partial charge on any atom is 0.232 e. The fourth-order valence-electron chi connectivity index (χ4n) is 2.64. The Hall–Kier alpha value is -1.89. The topological polar surface area (TPSA) is 79.9 Å². The average Bonchev–Trinajstić information content (AvgIpc) is 3.19. The van der Waals surface area contributed by atoms with E-state index in [2.05, 4.69) is 20.5 Å². The van der Waals surface area contributed by atoms with E-state index in [1.807, 2.05) is 6.07 Å². The molecule has 0 aliphatic heterocycles. The Labute approximate surface area is 126 Å². The predicted molar refractivity (Wildman–Crippen MR) is 80.8 cm³/mol. The van der Waals surface area contributed by atoms with Crippen molar-refractivity contribution in [3.63, 3.8) is 0 Å². The summed E-state index contributed by atoms with van der Waals surface area (Å²) in [6.07, 6.45) is 6.82. The number of thiazole rings is 1.